The fraction of sp³-hybridized carbons (Fsp3) is 0.368. The molecule has 132 valence electrons. The summed E-state index contributed by atoms with van der Waals surface area (Å²) in [6, 6.07) is 9.61. The molecule has 1 amide bonds. The number of amides is 1. The predicted molar refractivity (Wildman–Crippen MR) is 98.9 cm³/mol. The van der Waals surface area contributed by atoms with E-state index in [0.717, 1.165) is 37.2 Å². The molecule has 6 heteroatoms. The quantitative estimate of drug-likeness (QED) is 0.715. The van der Waals surface area contributed by atoms with Gasteiger partial charge in [0.05, 0.1) is 22.9 Å². The summed E-state index contributed by atoms with van der Waals surface area (Å²) in [7, 11) is 0. The molecule has 0 unspecified atom stereocenters. The van der Waals surface area contributed by atoms with Crippen molar-refractivity contribution in [2.24, 2.45) is 0 Å². The second-order valence-corrected chi connectivity index (χ2v) is 5.95. The van der Waals surface area contributed by atoms with Crippen LogP contribution in [0, 0.1) is 6.92 Å². The largest absolute Gasteiger partial charge is 0.469 e. The number of rotatable bonds is 7. The average molecular weight is 340 g/mol. The Kier molecular flexibility index (Phi) is 5.19. The number of anilines is 1. The van der Waals surface area contributed by atoms with Crippen molar-refractivity contribution >= 4 is 22.9 Å². The first kappa shape index (κ1) is 17.2. The number of imidazole rings is 1. The van der Waals surface area contributed by atoms with Gasteiger partial charge in [0.25, 0.3) is 5.91 Å². The topological polar surface area (TPSA) is 63.3 Å². The summed E-state index contributed by atoms with van der Waals surface area (Å²) in [5.41, 5.74) is 2.43. The summed E-state index contributed by atoms with van der Waals surface area (Å²) in [6.07, 6.45) is 1.52. The molecule has 0 saturated carbocycles. The number of fused-ring (bicyclic) bond motifs is 1. The third-order valence-electron chi connectivity index (χ3n) is 4.52. The standard InChI is InChI=1S/C19H24N4O2/c1-4-22(5-2)11-12-23-17-9-7-6-8-16(17)20-19(23)21-18(24)15-10-13-25-14(15)3/h6-10,13H,4-5,11-12H2,1-3H3,(H,20,21,24). The average Bonchev–Trinajstić information content (AvgIpc) is 3.19. The molecule has 3 aromatic rings. The van der Waals surface area contributed by atoms with Crippen LogP contribution in [0.3, 0.4) is 0 Å². The molecule has 0 bridgehead atoms. The van der Waals surface area contributed by atoms with Crippen LogP contribution in [0.1, 0.15) is 30.0 Å². The molecule has 0 radical (unpaired) electrons. The molecule has 0 aliphatic carbocycles. The van der Waals surface area contributed by atoms with Gasteiger partial charge in [-0.2, -0.15) is 0 Å². The van der Waals surface area contributed by atoms with Gasteiger partial charge in [-0.25, -0.2) is 4.98 Å². The molecule has 3 rings (SSSR count). The molecule has 0 spiro atoms. The highest BCUT2D eigenvalue weighted by Crippen LogP contribution is 2.21. The monoisotopic (exact) mass is 340 g/mol. The zero-order valence-corrected chi connectivity index (χ0v) is 15.0. The van der Waals surface area contributed by atoms with Gasteiger partial charge in [-0.15, -0.1) is 0 Å². The number of aromatic nitrogens is 2. The van der Waals surface area contributed by atoms with E-state index in [1.165, 1.54) is 6.26 Å². The van der Waals surface area contributed by atoms with Crippen molar-refractivity contribution in [3.63, 3.8) is 0 Å². The highest BCUT2D eigenvalue weighted by molar-refractivity contribution is 6.04. The van der Waals surface area contributed by atoms with E-state index in [1.54, 1.807) is 13.0 Å². The lowest BCUT2D eigenvalue weighted by Crippen LogP contribution is -2.27. The fourth-order valence-electron chi connectivity index (χ4n) is 2.97. The minimum atomic E-state index is -0.203. The van der Waals surface area contributed by atoms with E-state index in [4.69, 9.17) is 4.42 Å². The smallest absolute Gasteiger partial charge is 0.261 e. The Morgan fingerprint density at radius 1 is 1.24 bits per heavy atom. The van der Waals surface area contributed by atoms with Crippen LogP contribution in [0.5, 0.6) is 0 Å². The van der Waals surface area contributed by atoms with Crippen molar-refractivity contribution < 1.29 is 9.21 Å². The van der Waals surface area contributed by atoms with E-state index in [0.29, 0.717) is 17.3 Å². The zero-order chi connectivity index (χ0) is 17.8. The molecule has 0 saturated heterocycles. The Morgan fingerprint density at radius 2 is 2.00 bits per heavy atom. The third kappa shape index (κ3) is 3.58. The van der Waals surface area contributed by atoms with Crippen molar-refractivity contribution in [3.8, 4) is 0 Å². The zero-order valence-electron chi connectivity index (χ0n) is 15.0. The predicted octanol–water partition coefficient (Wildman–Crippen LogP) is 3.53. The number of hydrogen-bond donors (Lipinski definition) is 1. The van der Waals surface area contributed by atoms with Gasteiger partial charge in [0, 0.05) is 13.1 Å². The number of nitrogens with zero attached hydrogens (tertiary/aromatic N) is 3. The van der Waals surface area contributed by atoms with Crippen LogP contribution in [0.2, 0.25) is 0 Å². The Hall–Kier alpha value is -2.60. The molecule has 6 nitrogen and oxygen atoms in total. The minimum Gasteiger partial charge on any atom is -0.469 e. The van der Waals surface area contributed by atoms with Crippen molar-refractivity contribution in [3.05, 3.63) is 47.9 Å². The number of furan rings is 1. The van der Waals surface area contributed by atoms with E-state index < -0.39 is 0 Å². The number of benzene rings is 1. The number of para-hydroxylation sites is 2. The number of nitrogens with one attached hydrogen (secondary N) is 1. The Bertz CT molecular complexity index is 861. The first-order chi connectivity index (χ1) is 12.1. The molecule has 0 fully saturated rings. The molecule has 2 aromatic heterocycles. The van der Waals surface area contributed by atoms with Crippen LogP contribution in [-0.4, -0.2) is 40.0 Å². The minimum absolute atomic E-state index is 0.203. The van der Waals surface area contributed by atoms with Crippen LogP contribution in [0.4, 0.5) is 5.95 Å². The van der Waals surface area contributed by atoms with Crippen molar-refractivity contribution in [1.29, 1.82) is 0 Å². The Morgan fingerprint density at radius 3 is 2.68 bits per heavy atom. The van der Waals surface area contributed by atoms with Crippen molar-refractivity contribution in [1.82, 2.24) is 14.5 Å². The molecular formula is C19H24N4O2. The fourth-order valence-corrected chi connectivity index (χ4v) is 2.97. The molecule has 2 heterocycles. The third-order valence-corrected chi connectivity index (χ3v) is 4.52. The first-order valence-corrected chi connectivity index (χ1v) is 8.67. The van der Waals surface area contributed by atoms with Crippen LogP contribution in [0.25, 0.3) is 11.0 Å². The molecule has 1 N–H and O–H groups in total. The van der Waals surface area contributed by atoms with E-state index in [2.05, 4.69) is 33.6 Å². The van der Waals surface area contributed by atoms with Gasteiger partial charge >= 0.3 is 0 Å². The summed E-state index contributed by atoms with van der Waals surface area (Å²) in [5.74, 6) is 0.966. The van der Waals surface area contributed by atoms with E-state index in [-0.39, 0.29) is 5.91 Å². The summed E-state index contributed by atoms with van der Waals surface area (Å²) in [5, 5.41) is 2.94. The van der Waals surface area contributed by atoms with Gasteiger partial charge in [-0.05, 0) is 38.2 Å². The van der Waals surface area contributed by atoms with Crippen LogP contribution in [0.15, 0.2) is 41.0 Å². The van der Waals surface area contributed by atoms with Gasteiger partial charge in [0.1, 0.15) is 5.76 Å². The molecule has 0 atom stereocenters. The van der Waals surface area contributed by atoms with Crippen LogP contribution >= 0.6 is 0 Å². The second kappa shape index (κ2) is 7.53. The maximum atomic E-state index is 12.5. The summed E-state index contributed by atoms with van der Waals surface area (Å²) in [6.45, 7) is 9.75. The second-order valence-electron chi connectivity index (χ2n) is 5.95. The van der Waals surface area contributed by atoms with Gasteiger partial charge in [-0.3, -0.25) is 10.1 Å². The van der Waals surface area contributed by atoms with Crippen molar-refractivity contribution in [2.75, 3.05) is 25.0 Å². The molecule has 25 heavy (non-hydrogen) atoms. The van der Waals surface area contributed by atoms with Gasteiger partial charge in [-0.1, -0.05) is 26.0 Å². The summed E-state index contributed by atoms with van der Waals surface area (Å²) in [4.78, 5) is 19.5. The summed E-state index contributed by atoms with van der Waals surface area (Å²) < 4.78 is 7.30. The molecule has 0 aliphatic rings. The van der Waals surface area contributed by atoms with Crippen LogP contribution in [-0.2, 0) is 6.54 Å². The number of hydrogen-bond acceptors (Lipinski definition) is 4. The van der Waals surface area contributed by atoms with E-state index >= 15 is 0 Å². The molecule has 0 aliphatic heterocycles. The number of carbonyl (C=O) groups is 1. The van der Waals surface area contributed by atoms with Gasteiger partial charge in [0.15, 0.2) is 0 Å². The van der Waals surface area contributed by atoms with Gasteiger partial charge < -0.3 is 13.9 Å². The molecular weight excluding hydrogens is 316 g/mol. The maximum absolute atomic E-state index is 12.5. The maximum Gasteiger partial charge on any atom is 0.261 e. The SMILES string of the molecule is CCN(CC)CCn1c(NC(=O)c2ccoc2C)nc2ccccc21. The number of likely N-dealkylation sites (N-methyl/N-ethyl adjacent to an activating group) is 1. The Balaban J connectivity index is 1.89. The first-order valence-electron chi connectivity index (χ1n) is 8.67. The highest BCUT2D eigenvalue weighted by Gasteiger charge is 2.17. The lowest BCUT2D eigenvalue weighted by molar-refractivity contribution is 0.102. The van der Waals surface area contributed by atoms with Crippen molar-refractivity contribution in [2.45, 2.75) is 27.3 Å². The number of aryl methyl sites for hydroxylation is 1. The summed E-state index contributed by atoms with van der Waals surface area (Å²) >= 11 is 0. The van der Waals surface area contributed by atoms with Gasteiger partial charge in [0.2, 0.25) is 5.95 Å². The normalized spacial score (nSPS) is 11.4. The van der Waals surface area contributed by atoms with E-state index in [9.17, 15) is 4.79 Å². The Labute approximate surface area is 147 Å². The lowest BCUT2D eigenvalue weighted by Gasteiger charge is -2.19. The van der Waals surface area contributed by atoms with E-state index in [1.807, 2.05) is 24.3 Å². The molecule has 1 aromatic carbocycles. The van der Waals surface area contributed by atoms with Crippen LogP contribution < -0.4 is 5.32 Å². The number of carbonyl (C=O) groups excluding carboxylic acids is 1. The highest BCUT2D eigenvalue weighted by atomic mass is 16.3. The lowest BCUT2D eigenvalue weighted by atomic mass is 10.2.